The second kappa shape index (κ2) is 5.83. The van der Waals surface area contributed by atoms with Crippen LogP contribution in [0.25, 0.3) is 0 Å². The summed E-state index contributed by atoms with van der Waals surface area (Å²) in [7, 11) is 0. The lowest BCUT2D eigenvalue weighted by molar-refractivity contribution is -0.385. The molecule has 0 aromatic heterocycles. The monoisotopic (exact) mass is 298 g/mol. The molecule has 2 aromatic carbocycles. The van der Waals surface area contributed by atoms with Gasteiger partial charge in [-0.2, -0.15) is 0 Å². The van der Waals surface area contributed by atoms with Crippen molar-refractivity contribution in [3.05, 3.63) is 68.7 Å². The molecule has 104 valence electrons. The topological polar surface area (TPSA) is 55.2 Å². The zero-order valence-electron chi connectivity index (χ0n) is 10.1. The number of nitro benzene ring substituents is 1. The van der Waals surface area contributed by atoms with E-state index in [0.29, 0.717) is 0 Å². The predicted octanol–water partition coefficient (Wildman–Crippen LogP) is 4.14. The van der Waals surface area contributed by atoms with Gasteiger partial charge in [-0.05, 0) is 12.1 Å². The van der Waals surface area contributed by atoms with Crippen LogP contribution in [0.2, 0.25) is 5.02 Å². The van der Waals surface area contributed by atoms with Gasteiger partial charge in [0.15, 0.2) is 5.82 Å². The fraction of sp³-hybridized carbons (Fsp3) is 0.0769. The summed E-state index contributed by atoms with van der Waals surface area (Å²) in [5.41, 5.74) is -0.0211. The molecule has 0 spiro atoms. The van der Waals surface area contributed by atoms with Crippen LogP contribution in [0.1, 0.15) is 5.56 Å². The van der Waals surface area contributed by atoms with Crippen LogP contribution in [0.3, 0.4) is 0 Å². The van der Waals surface area contributed by atoms with Crippen LogP contribution < -0.4 is 5.32 Å². The molecule has 7 heteroatoms. The number of anilines is 1. The first-order valence-electron chi connectivity index (χ1n) is 5.59. The fourth-order valence-electron chi connectivity index (χ4n) is 1.64. The average Bonchev–Trinajstić information content (AvgIpc) is 2.41. The summed E-state index contributed by atoms with van der Waals surface area (Å²) in [5, 5.41) is 13.1. The molecule has 0 amide bonds. The molecule has 4 nitrogen and oxygen atoms in total. The van der Waals surface area contributed by atoms with E-state index in [-0.39, 0.29) is 28.5 Å². The largest absolute Gasteiger partial charge is 0.378 e. The molecular formula is C13H9ClF2N2O2. The number of hydrogen-bond donors (Lipinski definition) is 1. The Balaban J connectivity index is 2.15. The van der Waals surface area contributed by atoms with Gasteiger partial charge in [-0.1, -0.05) is 23.7 Å². The lowest BCUT2D eigenvalue weighted by atomic mass is 10.2. The Morgan fingerprint density at radius 2 is 2.00 bits per heavy atom. The minimum Gasteiger partial charge on any atom is -0.378 e. The molecule has 0 saturated heterocycles. The molecule has 0 unspecified atom stereocenters. The van der Waals surface area contributed by atoms with Crippen LogP contribution in [0, 0.1) is 21.7 Å². The SMILES string of the molecule is O=[N+]([O-])c1ccc(NCc2cccc(Cl)c2F)c(F)c1. The highest BCUT2D eigenvalue weighted by atomic mass is 35.5. The minimum absolute atomic E-state index is 0.0150. The summed E-state index contributed by atoms with van der Waals surface area (Å²) in [6.07, 6.45) is 0. The van der Waals surface area contributed by atoms with Crippen molar-refractivity contribution in [2.45, 2.75) is 6.54 Å². The van der Waals surface area contributed by atoms with Gasteiger partial charge in [0.05, 0.1) is 21.7 Å². The molecule has 2 rings (SSSR count). The van der Waals surface area contributed by atoms with Gasteiger partial charge in [-0.25, -0.2) is 8.78 Å². The first kappa shape index (κ1) is 14.2. The number of rotatable bonds is 4. The number of nitrogens with zero attached hydrogens (tertiary/aromatic N) is 1. The lowest BCUT2D eigenvalue weighted by Crippen LogP contribution is -2.04. The van der Waals surface area contributed by atoms with E-state index in [4.69, 9.17) is 11.6 Å². The average molecular weight is 299 g/mol. The maximum absolute atomic E-state index is 13.6. The zero-order chi connectivity index (χ0) is 14.7. The summed E-state index contributed by atoms with van der Waals surface area (Å²) in [6.45, 7) is 0.0150. The second-order valence-corrected chi connectivity index (χ2v) is 4.39. The smallest absolute Gasteiger partial charge is 0.272 e. The normalized spacial score (nSPS) is 10.3. The fourth-order valence-corrected chi connectivity index (χ4v) is 1.83. The van der Waals surface area contributed by atoms with E-state index < -0.39 is 16.6 Å². The van der Waals surface area contributed by atoms with Crippen LogP contribution in [0.5, 0.6) is 0 Å². The van der Waals surface area contributed by atoms with E-state index in [1.54, 1.807) is 6.07 Å². The Bertz CT molecular complexity index is 665. The number of nitro groups is 1. The molecule has 0 radical (unpaired) electrons. The summed E-state index contributed by atoms with van der Waals surface area (Å²) in [6, 6.07) is 7.70. The maximum Gasteiger partial charge on any atom is 0.272 e. The summed E-state index contributed by atoms with van der Waals surface area (Å²) < 4.78 is 27.2. The van der Waals surface area contributed by atoms with E-state index >= 15 is 0 Å². The van der Waals surface area contributed by atoms with Crippen molar-refractivity contribution < 1.29 is 13.7 Å². The molecule has 0 bridgehead atoms. The van der Waals surface area contributed by atoms with Crippen molar-refractivity contribution in [3.63, 3.8) is 0 Å². The van der Waals surface area contributed by atoms with Crippen LogP contribution >= 0.6 is 11.6 Å². The summed E-state index contributed by atoms with van der Waals surface area (Å²) >= 11 is 5.63. The third kappa shape index (κ3) is 3.03. The van der Waals surface area contributed by atoms with Gasteiger partial charge in [-0.3, -0.25) is 10.1 Å². The van der Waals surface area contributed by atoms with E-state index in [1.807, 2.05) is 0 Å². The molecule has 0 aliphatic carbocycles. The van der Waals surface area contributed by atoms with Crippen molar-refractivity contribution in [1.29, 1.82) is 0 Å². The summed E-state index contributed by atoms with van der Waals surface area (Å²) in [5.74, 6) is -1.36. The Labute approximate surface area is 118 Å². The van der Waals surface area contributed by atoms with Crippen LogP contribution in [-0.4, -0.2) is 4.92 Å². The molecule has 1 N–H and O–H groups in total. The third-order valence-electron chi connectivity index (χ3n) is 2.66. The van der Waals surface area contributed by atoms with E-state index in [0.717, 1.165) is 6.07 Å². The Kier molecular flexibility index (Phi) is 4.14. The Hall–Kier alpha value is -2.21. The highest BCUT2D eigenvalue weighted by molar-refractivity contribution is 6.30. The molecular weight excluding hydrogens is 290 g/mol. The maximum atomic E-state index is 13.6. The minimum atomic E-state index is -0.776. The zero-order valence-corrected chi connectivity index (χ0v) is 10.8. The number of halogens is 3. The Morgan fingerprint density at radius 3 is 2.65 bits per heavy atom. The lowest BCUT2D eigenvalue weighted by Gasteiger charge is -2.09. The number of nitrogens with one attached hydrogen (secondary N) is 1. The highest BCUT2D eigenvalue weighted by Crippen LogP contribution is 2.23. The van der Waals surface area contributed by atoms with Crippen molar-refractivity contribution in [1.82, 2.24) is 0 Å². The number of non-ortho nitro benzene ring substituents is 1. The third-order valence-corrected chi connectivity index (χ3v) is 2.96. The van der Waals surface area contributed by atoms with Gasteiger partial charge < -0.3 is 5.32 Å². The van der Waals surface area contributed by atoms with Crippen molar-refractivity contribution in [2.24, 2.45) is 0 Å². The van der Waals surface area contributed by atoms with E-state index in [1.165, 1.54) is 24.3 Å². The number of hydrogen-bond acceptors (Lipinski definition) is 3. The first-order valence-corrected chi connectivity index (χ1v) is 5.97. The van der Waals surface area contributed by atoms with Gasteiger partial charge in [-0.15, -0.1) is 0 Å². The van der Waals surface area contributed by atoms with Crippen LogP contribution in [-0.2, 0) is 6.54 Å². The molecule has 0 aliphatic heterocycles. The first-order chi connectivity index (χ1) is 9.49. The second-order valence-electron chi connectivity index (χ2n) is 3.99. The van der Waals surface area contributed by atoms with E-state index in [2.05, 4.69) is 5.32 Å². The highest BCUT2D eigenvalue weighted by Gasteiger charge is 2.11. The van der Waals surface area contributed by atoms with Gasteiger partial charge in [0.1, 0.15) is 5.82 Å². The summed E-state index contributed by atoms with van der Waals surface area (Å²) in [4.78, 5) is 9.79. The molecule has 0 atom stereocenters. The van der Waals surface area contributed by atoms with Crippen LogP contribution in [0.4, 0.5) is 20.2 Å². The van der Waals surface area contributed by atoms with Crippen molar-refractivity contribution in [3.8, 4) is 0 Å². The van der Waals surface area contributed by atoms with Gasteiger partial charge >= 0.3 is 0 Å². The molecule has 20 heavy (non-hydrogen) atoms. The van der Waals surface area contributed by atoms with Crippen LogP contribution in [0.15, 0.2) is 36.4 Å². The Morgan fingerprint density at radius 1 is 1.25 bits per heavy atom. The van der Waals surface area contributed by atoms with Gasteiger partial charge in [0.2, 0.25) is 0 Å². The standard InChI is InChI=1S/C13H9ClF2N2O2/c14-10-3-1-2-8(13(10)16)7-17-12-5-4-9(18(19)20)6-11(12)15/h1-6,17H,7H2. The predicted molar refractivity (Wildman–Crippen MR) is 71.8 cm³/mol. The van der Waals surface area contributed by atoms with Gasteiger partial charge in [0, 0.05) is 18.2 Å². The number of benzene rings is 2. The molecule has 0 fully saturated rings. The van der Waals surface area contributed by atoms with Gasteiger partial charge in [0.25, 0.3) is 5.69 Å². The molecule has 0 aliphatic rings. The molecule has 0 saturated carbocycles. The van der Waals surface area contributed by atoms with Crippen molar-refractivity contribution >= 4 is 23.0 Å². The molecule has 2 aromatic rings. The van der Waals surface area contributed by atoms with Crippen molar-refractivity contribution in [2.75, 3.05) is 5.32 Å². The van der Waals surface area contributed by atoms with E-state index in [9.17, 15) is 18.9 Å². The quantitative estimate of drug-likeness (QED) is 0.682. The molecule has 0 heterocycles.